The first-order valence-electron chi connectivity index (χ1n) is 7.37. The lowest BCUT2D eigenvalue weighted by molar-refractivity contribution is -0.117. The molecule has 0 spiro atoms. The number of ketones is 1. The van der Waals surface area contributed by atoms with Crippen LogP contribution in [0.1, 0.15) is 77.6 Å². The number of Topliss-reactive ketones (excluding diaryl/α,β-unsaturated/α-hetero) is 1. The Labute approximate surface area is 107 Å². The smallest absolute Gasteiger partial charge is 0.129 e. The molecule has 1 rings (SSSR count). The molecule has 0 amide bonds. The Balaban J connectivity index is 1.98. The number of allylic oxidation sites excluding steroid dienone is 1. The van der Waals surface area contributed by atoms with Crippen LogP contribution in [0, 0.1) is 5.92 Å². The van der Waals surface area contributed by atoms with Crippen molar-refractivity contribution in [1.29, 1.82) is 0 Å². The van der Waals surface area contributed by atoms with Crippen molar-refractivity contribution in [2.75, 3.05) is 0 Å². The van der Waals surface area contributed by atoms with E-state index in [4.69, 9.17) is 0 Å². The summed E-state index contributed by atoms with van der Waals surface area (Å²) in [4.78, 5) is 10.8. The average molecular weight is 236 g/mol. The van der Waals surface area contributed by atoms with Crippen LogP contribution in [0.5, 0.6) is 0 Å². The minimum atomic E-state index is 0.330. The lowest BCUT2D eigenvalue weighted by Gasteiger charge is -2.23. The van der Waals surface area contributed by atoms with E-state index in [1.807, 2.05) is 0 Å². The molecule has 1 aliphatic rings. The number of carbonyl (C=O) groups is 1. The van der Waals surface area contributed by atoms with E-state index in [1.54, 1.807) is 6.92 Å². The fourth-order valence-electron chi connectivity index (χ4n) is 2.79. The van der Waals surface area contributed by atoms with E-state index in [1.165, 1.54) is 63.4 Å². The van der Waals surface area contributed by atoms with Crippen molar-refractivity contribution in [1.82, 2.24) is 0 Å². The Bertz CT molecular complexity index is 236. The zero-order valence-electron chi connectivity index (χ0n) is 11.5. The molecule has 98 valence electrons. The molecule has 0 aliphatic heterocycles. The van der Waals surface area contributed by atoms with Crippen LogP contribution >= 0.6 is 0 Å². The summed E-state index contributed by atoms with van der Waals surface area (Å²) in [6.45, 7) is 5.96. The summed E-state index contributed by atoms with van der Waals surface area (Å²) in [5.41, 5.74) is 1.50. The van der Waals surface area contributed by atoms with Crippen LogP contribution in [0.3, 0.4) is 0 Å². The number of rotatable bonds is 8. The molecular weight excluding hydrogens is 208 g/mol. The van der Waals surface area contributed by atoms with E-state index in [0.717, 1.165) is 18.8 Å². The maximum absolute atomic E-state index is 10.8. The van der Waals surface area contributed by atoms with Gasteiger partial charge < -0.3 is 4.79 Å². The molecule has 0 N–H and O–H groups in total. The molecule has 0 aromatic heterocycles. The molecule has 0 atom stereocenters. The van der Waals surface area contributed by atoms with E-state index in [2.05, 4.69) is 6.58 Å². The Morgan fingerprint density at radius 3 is 2.18 bits per heavy atom. The largest absolute Gasteiger partial charge is 0.300 e. The number of unbranched alkanes of at least 4 members (excludes halogenated alkanes) is 3. The van der Waals surface area contributed by atoms with Crippen molar-refractivity contribution in [2.24, 2.45) is 5.92 Å². The number of hydrogen-bond donors (Lipinski definition) is 0. The second kappa shape index (κ2) is 8.49. The second-order valence-electron chi connectivity index (χ2n) is 5.61. The van der Waals surface area contributed by atoms with Crippen molar-refractivity contribution in [3.63, 3.8) is 0 Å². The van der Waals surface area contributed by atoms with E-state index in [9.17, 15) is 4.79 Å². The molecule has 0 radical (unpaired) electrons. The highest BCUT2D eigenvalue weighted by Crippen LogP contribution is 2.31. The van der Waals surface area contributed by atoms with Crippen LogP contribution in [0.4, 0.5) is 0 Å². The first kappa shape index (κ1) is 14.5. The molecule has 0 aromatic carbocycles. The van der Waals surface area contributed by atoms with Gasteiger partial charge in [-0.3, -0.25) is 0 Å². The highest BCUT2D eigenvalue weighted by molar-refractivity contribution is 5.75. The Kier molecular flexibility index (Phi) is 7.23. The molecule has 1 nitrogen and oxygen atoms in total. The maximum Gasteiger partial charge on any atom is 0.129 e. The summed E-state index contributed by atoms with van der Waals surface area (Å²) in [5.74, 6) is 1.15. The lowest BCUT2D eigenvalue weighted by atomic mass is 9.82. The zero-order valence-corrected chi connectivity index (χ0v) is 11.5. The van der Waals surface area contributed by atoms with Gasteiger partial charge in [-0.2, -0.15) is 0 Å². The van der Waals surface area contributed by atoms with Gasteiger partial charge in [0, 0.05) is 6.42 Å². The van der Waals surface area contributed by atoms with E-state index < -0.39 is 0 Å². The highest BCUT2D eigenvalue weighted by Gasteiger charge is 2.15. The van der Waals surface area contributed by atoms with Gasteiger partial charge in [-0.15, -0.1) is 0 Å². The predicted molar refractivity (Wildman–Crippen MR) is 74.1 cm³/mol. The SMILES string of the molecule is C=C(CCCCCCC(C)=O)C1CCCCC1. The fraction of sp³-hybridized carbons (Fsp3) is 0.812. The molecule has 0 aromatic rings. The van der Waals surface area contributed by atoms with Gasteiger partial charge in [0.25, 0.3) is 0 Å². The third-order valence-corrected chi connectivity index (χ3v) is 3.96. The maximum atomic E-state index is 10.8. The monoisotopic (exact) mass is 236 g/mol. The molecule has 17 heavy (non-hydrogen) atoms. The highest BCUT2D eigenvalue weighted by atomic mass is 16.1. The number of carbonyl (C=O) groups excluding carboxylic acids is 1. The fourth-order valence-corrected chi connectivity index (χ4v) is 2.79. The van der Waals surface area contributed by atoms with Crippen LogP contribution in [0.15, 0.2) is 12.2 Å². The van der Waals surface area contributed by atoms with Crippen molar-refractivity contribution in [2.45, 2.75) is 77.6 Å². The Hall–Kier alpha value is -0.590. The van der Waals surface area contributed by atoms with Gasteiger partial charge in [0.05, 0.1) is 0 Å². The molecule has 0 saturated heterocycles. The van der Waals surface area contributed by atoms with Gasteiger partial charge in [-0.05, 0) is 44.9 Å². The summed E-state index contributed by atoms with van der Waals surface area (Å²) in [7, 11) is 0. The van der Waals surface area contributed by atoms with Gasteiger partial charge in [0.1, 0.15) is 5.78 Å². The van der Waals surface area contributed by atoms with Crippen molar-refractivity contribution < 1.29 is 4.79 Å². The minimum Gasteiger partial charge on any atom is -0.300 e. The first-order valence-corrected chi connectivity index (χ1v) is 7.37. The molecule has 1 saturated carbocycles. The zero-order chi connectivity index (χ0) is 12.5. The predicted octanol–water partition coefficient (Wildman–Crippen LogP) is 5.05. The van der Waals surface area contributed by atoms with Crippen LogP contribution in [0.2, 0.25) is 0 Å². The second-order valence-corrected chi connectivity index (χ2v) is 5.61. The number of hydrogen-bond acceptors (Lipinski definition) is 1. The minimum absolute atomic E-state index is 0.330. The summed E-state index contributed by atoms with van der Waals surface area (Å²) in [5, 5.41) is 0. The third-order valence-electron chi connectivity index (χ3n) is 3.96. The summed E-state index contributed by atoms with van der Waals surface area (Å²) in [6.07, 6.45) is 13.8. The van der Waals surface area contributed by atoms with Crippen LogP contribution < -0.4 is 0 Å². The van der Waals surface area contributed by atoms with Crippen molar-refractivity contribution in [3.8, 4) is 0 Å². The van der Waals surface area contributed by atoms with Crippen LogP contribution in [-0.4, -0.2) is 5.78 Å². The van der Waals surface area contributed by atoms with Crippen molar-refractivity contribution >= 4 is 5.78 Å². The Morgan fingerprint density at radius 1 is 1.00 bits per heavy atom. The normalized spacial score (nSPS) is 17.0. The van der Waals surface area contributed by atoms with Crippen molar-refractivity contribution in [3.05, 3.63) is 12.2 Å². The quantitative estimate of drug-likeness (QED) is 0.425. The summed E-state index contributed by atoms with van der Waals surface area (Å²) >= 11 is 0. The van der Waals surface area contributed by atoms with Gasteiger partial charge in [0.15, 0.2) is 0 Å². The molecule has 0 heterocycles. The molecule has 1 heteroatoms. The topological polar surface area (TPSA) is 17.1 Å². The van der Waals surface area contributed by atoms with Gasteiger partial charge in [-0.25, -0.2) is 0 Å². The van der Waals surface area contributed by atoms with Crippen LogP contribution in [0.25, 0.3) is 0 Å². The molecule has 0 unspecified atom stereocenters. The summed E-state index contributed by atoms with van der Waals surface area (Å²) < 4.78 is 0. The molecule has 1 aliphatic carbocycles. The van der Waals surface area contributed by atoms with Gasteiger partial charge >= 0.3 is 0 Å². The van der Waals surface area contributed by atoms with E-state index in [0.29, 0.717) is 5.78 Å². The third kappa shape index (κ3) is 6.65. The Morgan fingerprint density at radius 2 is 1.59 bits per heavy atom. The molecular formula is C16H28O. The molecule has 0 bridgehead atoms. The summed E-state index contributed by atoms with van der Waals surface area (Å²) in [6, 6.07) is 0. The molecule has 1 fully saturated rings. The average Bonchev–Trinajstić information content (AvgIpc) is 2.34. The first-order chi connectivity index (χ1) is 8.20. The van der Waals surface area contributed by atoms with Gasteiger partial charge in [0.2, 0.25) is 0 Å². The lowest BCUT2D eigenvalue weighted by Crippen LogP contribution is -2.08. The van der Waals surface area contributed by atoms with E-state index >= 15 is 0 Å². The van der Waals surface area contributed by atoms with Gasteiger partial charge in [-0.1, -0.05) is 44.3 Å². The standard InChI is InChI=1S/C16H28O/c1-14(16-12-8-5-9-13-16)10-6-3-4-7-11-15(2)17/h16H,1,3-13H2,2H3. The van der Waals surface area contributed by atoms with E-state index in [-0.39, 0.29) is 0 Å². The van der Waals surface area contributed by atoms with Crippen LogP contribution in [-0.2, 0) is 4.79 Å².